The van der Waals surface area contributed by atoms with Crippen molar-refractivity contribution < 1.29 is 26.3 Å². The Kier molecular flexibility index (Phi) is 18.9. The molecular formula is C6H5ClF6. The van der Waals surface area contributed by atoms with E-state index in [0.717, 1.165) is 0 Å². The van der Waals surface area contributed by atoms with Gasteiger partial charge in [-0.25, -0.2) is 4.39 Å². The Labute approximate surface area is 75.8 Å². The summed E-state index contributed by atoms with van der Waals surface area (Å²) in [7, 11) is 0. The van der Waals surface area contributed by atoms with Crippen LogP contribution in [0.4, 0.5) is 26.3 Å². The van der Waals surface area contributed by atoms with Crippen LogP contribution < -0.4 is 0 Å². The summed E-state index contributed by atoms with van der Waals surface area (Å²) in [5.41, 5.74) is 0. The molecule has 0 rings (SSSR count). The first-order valence-corrected chi connectivity index (χ1v) is 2.73. The lowest BCUT2D eigenvalue weighted by Crippen LogP contribution is -1.42. The maximum absolute atomic E-state index is 10.6. The zero-order chi connectivity index (χ0) is 11.4. The largest absolute Gasteiger partial charge is 0.298 e. The van der Waals surface area contributed by atoms with E-state index in [2.05, 4.69) is 24.8 Å². The van der Waals surface area contributed by atoms with Crippen molar-refractivity contribution in [3.63, 3.8) is 0 Å². The molecule has 0 aliphatic carbocycles. The highest BCUT2D eigenvalue weighted by molar-refractivity contribution is 6.27. The smallest absolute Gasteiger partial charge is 0.210 e. The van der Waals surface area contributed by atoms with Gasteiger partial charge in [0.05, 0.1) is 0 Å². The number of hydrogen-bond donors (Lipinski definition) is 0. The maximum atomic E-state index is 10.6. The first-order chi connectivity index (χ1) is 5.73. The van der Waals surface area contributed by atoms with Gasteiger partial charge in [0.15, 0.2) is 11.6 Å². The standard InChI is InChI=1S/C2H2ClF.C2HF3.C2H2F2/c1-2(3)4;3-1-2(4)5;1-2(3)4/h1H2;1H;1H2. The predicted molar refractivity (Wildman–Crippen MR) is 38.9 cm³/mol. The first-order valence-electron chi connectivity index (χ1n) is 2.35. The van der Waals surface area contributed by atoms with Gasteiger partial charge in [0.1, 0.15) is 0 Å². The Hall–Kier alpha value is -0.910. The van der Waals surface area contributed by atoms with Crippen LogP contribution in [0.5, 0.6) is 0 Å². The molecule has 0 aromatic rings. The molecule has 0 radical (unpaired) electrons. The molecule has 0 unspecified atom stereocenters. The minimum atomic E-state index is -2.29. The van der Waals surface area contributed by atoms with Gasteiger partial charge in [0.25, 0.3) is 12.2 Å². The Bertz CT molecular complexity index is 152. The zero-order valence-electron chi connectivity index (χ0n) is 6.14. The van der Waals surface area contributed by atoms with Crippen LogP contribution in [-0.4, -0.2) is 0 Å². The highest BCUT2D eigenvalue weighted by Gasteiger charge is 1.78. The number of hydrogen-bond acceptors (Lipinski definition) is 0. The second-order valence-electron chi connectivity index (χ2n) is 1.08. The lowest BCUT2D eigenvalue weighted by Gasteiger charge is -1.59. The van der Waals surface area contributed by atoms with Gasteiger partial charge < -0.3 is 0 Å². The van der Waals surface area contributed by atoms with Crippen molar-refractivity contribution in [2.75, 3.05) is 0 Å². The summed E-state index contributed by atoms with van der Waals surface area (Å²) in [6.07, 6.45) is -4.87. The van der Waals surface area contributed by atoms with Crippen molar-refractivity contribution in [3.8, 4) is 0 Å². The molecule has 13 heavy (non-hydrogen) atoms. The third kappa shape index (κ3) is 771. The highest BCUT2D eigenvalue weighted by atomic mass is 35.5. The van der Waals surface area contributed by atoms with Gasteiger partial charge in [0, 0.05) is 0 Å². The van der Waals surface area contributed by atoms with Crippen LogP contribution in [0, 0.1) is 0 Å². The molecule has 0 aromatic heterocycles. The van der Waals surface area contributed by atoms with E-state index in [-0.39, 0.29) is 0 Å². The van der Waals surface area contributed by atoms with Crippen LogP contribution in [-0.2, 0) is 0 Å². The maximum Gasteiger partial charge on any atom is 0.298 e. The minimum absolute atomic E-state index is 0.750. The lowest BCUT2D eigenvalue weighted by atomic mass is 11.1. The highest BCUT2D eigenvalue weighted by Crippen LogP contribution is 1.93. The van der Waals surface area contributed by atoms with Crippen LogP contribution in [0.3, 0.4) is 0 Å². The summed E-state index contributed by atoms with van der Waals surface area (Å²) >= 11 is 4.41. The fraction of sp³-hybridized carbons (Fsp3) is 0. The van der Waals surface area contributed by atoms with Gasteiger partial charge in [-0.05, 0) is 6.58 Å². The molecule has 0 bridgehead atoms. The summed E-state index contributed by atoms with van der Waals surface area (Å²) in [6.45, 7) is 4.88. The lowest BCUT2D eigenvalue weighted by molar-refractivity contribution is 0.400. The van der Waals surface area contributed by atoms with Crippen LogP contribution in [0.15, 0.2) is 36.9 Å². The molecule has 0 heterocycles. The molecule has 0 saturated carbocycles. The van der Waals surface area contributed by atoms with E-state index in [9.17, 15) is 26.3 Å². The van der Waals surface area contributed by atoms with Gasteiger partial charge in [-0.15, -0.1) is 0 Å². The Balaban J connectivity index is -0.000000117. The fourth-order valence-corrected chi connectivity index (χ4v) is 0. The van der Waals surface area contributed by atoms with Crippen LogP contribution >= 0.6 is 11.6 Å². The van der Waals surface area contributed by atoms with Crippen molar-refractivity contribution in [1.29, 1.82) is 0 Å². The van der Waals surface area contributed by atoms with Crippen LogP contribution in [0.1, 0.15) is 0 Å². The van der Waals surface area contributed by atoms with Crippen molar-refractivity contribution in [2.45, 2.75) is 0 Å². The second-order valence-corrected chi connectivity index (χ2v) is 1.49. The van der Waals surface area contributed by atoms with E-state index >= 15 is 0 Å². The third-order valence-electron chi connectivity index (χ3n) is 0.0825. The van der Waals surface area contributed by atoms with Crippen LogP contribution in [0.2, 0.25) is 0 Å². The summed E-state index contributed by atoms with van der Waals surface area (Å²) < 4.78 is 61.6. The quantitative estimate of drug-likeness (QED) is 0.523. The Morgan fingerprint density at radius 1 is 1.00 bits per heavy atom. The van der Waals surface area contributed by atoms with E-state index in [4.69, 9.17) is 0 Å². The van der Waals surface area contributed by atoms with E-state index in [1.165, 1.54) is 0 Å². The van der Waals surface area contributed by atoms with E-state index in [1.54, 1.807) is 0 Å². The van der Waals surface area contributed by atoms with E-state index in [0.29, 0.717) is 0 Å². The van der Waals surface area contributed by atoms with Gasteiger partial charge >= 0.3 is 0 Å². The summed E-state index contributed by atoms with van der Waals surface area (Å²) in [4.78, 5) is 0. The van der Waals surface area contributed by atoms with Crippen molar-refractivity contribution in [1.82, 2.24) is 0 Å². The normalized spacial score (nSPS) is 6.69. The minimum Gasteiger partial charge on any atom is -0.210 e. The van der Waals surface area contributed by atoms with Crippen molar-refractivity contribution >= 4 is 11.6 Å². The second kappa shape index (κ2) is 13.7. The van der Waals surface area contributed by atoms with E-state index in [1.807, 2.05) is 0 Å². The molecule has 0 saturated heterocycles. The SMILES string of the molecule is C=C(F)Cl.C=C(F)F.FC=C(F)F. The number of rotatable bonds is 0. The van der Waals surface area contributed by atoms with Crippen molar-refractivity contribution in [2.24, 2.45) is 0 Å². The van der Waals surface area contributed by atoms with Gasteiger partial charge in [-0.2, -0.15) is 22.0 Å². The Morgan fingerprint density at radius 2 is 1.08 bits per heavy atom. The summed E-state index contributed by atoms with van der Waals surface area (Å²) in [5, 5.41) is -0.861. The molecule has 0 aromatic carbocycles. The zero-order valence-corrected chi connectivity index (χ0v) is 6.89. The molecular weight excluding hydrogens is 222 g/mol. The summed E-state index contributed by atoms with van der Waals surface area (Å²) in [6, 6.07) is 0. The Morgan fingerprint density at radius 3 is 1.08 bits per heavy atom. The van der Waals surface area contributed by atoms with Gasteiger partial charge in [0.2, 0.25) is 0 Å². The predicted octanol–water partition coefficient (Wildman–Crippen LogP) is 4.76. The molecule has 78 valence electrons. The van der Waals surface area contributed by atoms with Gasteiger partial charge in [-0.3, -0.25) is 0 Å². The average Bonchev–Trinajstić information content (AvgIpc) is 1.84. The van der Waals surface area contributed by atoms with Crippen LogP contribution in [0.25, 0.3) is 0 Å². The molecule has 0 aliphatic heterocycles. The molecule has 0 fully saturated rings. The molecule has 0 aliphatic rings. The first kappa shape index (κ1) is 18.0. The average molecular weight is 227 g/mol. The number of halogens is 7. The molecule has 0 N–H and O–H groups in total. The molecule has 7 heteroatoms. The topological polar surface area (TPSA) is 0 Å². The third-order valence-corrected chi connectivity index (χ3v) is 0.0825. The van der Waals surface area contributed by atoms with Crippen molar-refractivity contribution in [3.05, 3.63) is 36.9 Å². The molecule has 0 nitrogen and oxygen atoms in total. The molecule has 0 atom stereocenters. The summed E-state index contributed by atoms with van der Waals surface area (Å²) in [5.74, 6) is 0. The molecule has 0 spiro atoms. The van der Waals surface area contributed by atoms with Gasteiger partial charge in [-0.1, -0.05) is 18.2 Å². The monoisotopic (exact) mass is 226 g/mol. The van der Waals surface area contributed by atoms with E-state index < -0.39 is 23.8 Å². The molecule has 0 amide bonds. The fourth-order valence-electron chi connectivity index (χ4n) is 0.